The van der Waals surface area contributed by atoms with E-state index in [4.69, 9.17) is 4.74 Å². The van der Waals surface area contributed by atoms with Crippen molar-refractivity contribution in [2.45, 2.75) is 14.7 Å². The predicted molar refractivity (Wildman–Crippen MR) is 281 cm³/mol. The van der Waals surface area contributed by atoms with Crippen molar-refractivity contribution in [3.63, 3.8) is 0 Å². The lowest BCUT2D eigenvalue weighted by Gasteiger charge is -2.34. The van der Waals surface area contributed by atoms with E-state index in [1.54, 1.807) is 0 Å². The fraction of sp³-hybridized carbons (Fsp3) is 0.0926. The summed E-state index contributed by atoms with van der Waals surface area (Å²) in [6.07, 6.45) is 1.22. The summed E-state index contributed by atoms with van der Waals surface area (Å²) in [6, 6.07) is 58.9. The van der Waals surface area contributed by atoms with Crippen LogP contribution in [0, 0.1) is 5.41 Å². The van der Waals surface area contributed by atoms with Crippen molar-refractivity contribution in [2.75, 3.05) is 29.1 Å². The second kappa shape index (κ2) is 17.4. The Hall–Kier alpha value is -5.26. The number of esters is 1. The van der Waals surface area contributed by atoms with Crippen LogP contribution in [0.1, 0.15) is 0 Å². The van der Waals surface area contributed by atoms with Crippen LogP contribution in [0.2, 0.25) is 0 Å². The first-order valence-electron chi connectivity index (χ1n) is 20.7. The third kappa shape index (κ3) is 7.90. The van der Waals surface area contributed by atoms with Crippen LogP contribution < -0.4 is 10.1 Å². The number of hydrogen-bond donors (Lipinski definition) is 1. The lowest BCUT2D eigenvalue weighted by atomic mass is 9.95. The molecule has 3 heterocycles. The normalized spacial score (nSPS) is 12.1. The van der Waals surface area contributed by atoms with E-state index in [0.717, 1.165) is 33.7 Å². The number of nitrogens with one attached hydrogen (secondary N) is 1. The summed E-state index contributed by atoms with van der Waals surface area (Å²) in [6.45, 7) is 4.36. The third-order valence-electron chi connectivity index (χ3n) is 11.6. The maximum Gasteiger partial charge on any atom is 0.335 e. The van der Waals surface area contributed by atoms with Crippen LogP contribution >= 0.6 is 69.3 Å². The first-order chi connectivity index (χ1) is 31.0. The van der Waals surface area contributed by atoms with Gasteiger partial charge in [0.1, 0.15) is 5.75 Å². The molecule has 9 heteroatoms. The molecular weight excluding hydrogens is 887 g/mol. The molecule has 308 valence electrons. The smallest absolute Gasteiger partial charge is 0.335 e. The van der Waals surface area contributed by atoms with Gasteiger partial charge in [-0.3, -0.25) is 0 Å². The van der Waals surface area contributed by atoms with Crippen molar-refractivity contribution in [3.05, 3.63) is 176 Å². The topological polar surface area (TPSA) is 38.3 Å². The molecule has 3 aromatic heterocycles. The summed E-state index contributed by atoms with van der Waals surface area (Å²) in [5.41, 5.74) is 0.676. The molecule has 3 nitrogen and oxygen atoms in total. The number of benzene rings is 8. The Morgan fingerprint density at radius 2 is 0.937 bits per heavy atom. The quantitative estimate of drug-likeness (QED) is 0.0507. The molecule has 0 unspecified atom stereocenters. The van der Waals surface area contributed by atoms with Gasteiger partial charge in [-0.25, -0.2) is 4.79 Å². The lowest BCUT2D eigenvalue weighted by Crippen LogP contribution is -2.37. The summed E-state index contributed by atoms with van der Waals surface area (Å²) in [4.78, 5) is 16.5. The van der Waals surface area contributed by atoms with Gasteiger partial charge in [0.25, 0.3) is 0 Å². The summed E-state index contributed by atoms with van der Waals surface area (Å²) < 4.78 is 13.8. The zero-order valence-corrected chi connectivity index (χ0v) is 38.9. The van der Waals surface area contributed by atoms with Crippen molar-refractivity contribution in [1.29, 1.82) is 0 Å². The Balaban J connectivity index is 1.02. The number of carbonyl (C=O) groups is 1. The molecule has 0 saturated carbocycles. The molecule has 0 saturated heterocycles. The van der Waals surface area contributed by atoms with E-state index in [9.17, 15) is 4.79 Å². The molecule has 11 rings (SSSR count). The Kier molecular flexibility index (Phi) is 11.2. The largest absolute Gasteiger partial charge is 0.423 e. The number of anilines is 1. The molecule has 8 aromatic carbocycles. The maximum atomic E-state index is 12.6. The van der Waals surface area contributed by atoms with Gasteiger partial charge in [0.15, 0.2) is 0 Å². The Bertz CT molecular complexity index is 3250. The van der Waals surface area contributed by atoms with Gasteiger partial charge in [-0.05, 0) is 47.9 Å². The van der Waals surface area contributed by atoms with E-state index < -0.39 is 5.97 Å². The number of rotatable bonds is 14. The van der Waals surface area contributed by atoms with E-state index in [1.165, 1.54) is 81.3 Å². The average Bonchev–Trinajstić information content (AvgIpc) is 4.03. The van der Waals surface area contributed by atoms with E-state index >= 15 is 0 Å². The SMILES string of the molecule is C=CC(=O)Oc1cc(NCC(CSc2cccc3c2sc2ccccc23)(CSc2cccc3c2sc2ccccc23)CSc2cccc3c2sc2ccccc23)cc2ccccc12. The molecule has 0 amide bonds. The van der Waals surface area contributed by atoms with Gasteiger partial charge in [0, 0.05) is 128 Å². The summed E-state index contributed by atoms with van der Waals surface area (Å²) >= 11 is 11.6. The highest BCUT2D eigenvalue weighted by molar-refractivity contribution is 8.01. The highest BCUT2D eigenvalue weighted by atomic mass is 32.2. The van der Waals surface area contributed by atoms with Crippen LogP contribution in [-0.4, -0.2) is 29.8 Å². The number of fused-ring (bicyclic) bond motifs is 10. The van der Waals surface area contributed by atoms with Gasteiger partial charge in [0.2, 0.25) is 0 Å². The van der Waals surface area contributed by atoms with Gasteiger partial charge >= 0.3 is 5.97 Å². The molecule has 0 fully saturated rings. The van der Waals surface area contributed by atoms with E-state index in [1.807, 2.05) is 93.6 Å². The Morgan fingerprint density at radius 1 is 0.524 bits per heavy atom. The van der Waals surface area contributed by atoms with E-state index in [0.29, 0.717) is 12.3 Å². The average molecular weight is 926 g/mol. The minimum absolute atomic E-state index is 0.236. The van der Waals surface area contributed by atoms with Gasteiger partial charge in [-0.1, -0.05) is 122 Å². The second-order valence-electron chi connectivity index (χ2n) is 15.7. The third-order valence-corrected chi connectivity index (χ3v) is 19.8. The van der Waals surface area contributed by atoms with Crippen molar-refractivity contribution in [1.82, 2.24) is 0 Å². The van der Waals surface area contributed by atoms with E-state index in [2.05, 4.69) is 151 Å². The minimum atomic E-state index is -0.475. The van der Waals surface area contributed by atoms with Crippen LogP contribution in [-0.2, 0) is 4.79 Å². The first kappa shape index (κ1) is 40.5. The fourth-order valence-electron chi connectivity index (χ4n) is 8.38. The van der Waals surface area contributed by atoms with Crippen molar-refractivity contribution >= 4 is 152 Å². The highest BCUT2D eigenvalue weighted by Gasteiger charge is 2.33. The Labute approximate surface area is 390 Å². The zero-order valence-electron chi connectivity index (χ0n) is 34.0. The second-order valence-corrected chi connectivity index (χ2v) is 21.9. The monoisotopic (exact) mass is 925 g/mol. The number of ether oxygens (including phenoxy) is 1. The molecule has 0 aliphatic rings. The highest BCUT2D eigenvalue weighted by Crippen LogP contribution is 2.47. The Morgan fingerprint density at radius 3 is 1.40 bits per heavy atom. The van der Waals surface area contributed by atoms with Crippen LogP contribution in [0.15, 0.2) is 191 Å². The molecular formula is C54H39NO2S6. The molecule has 11 aromatic rings. The molecule has 0 atom stereocenters. The zero-order chi connectivity index (χ0) is 42.3. The molecule has 1 N–H and O–H groups in total. The predicted octanol–water partition coefficient (Wildman–Crippen LogP) is 16.8. The lowest BCUT2D eigenvalue weighted by molar-refractivity contribution is -0.128. The molecule has 0 radical (unpaired) electrons. The number of thioether (sulfide) groups is 3. The number of hydrogen-bond acceptors (Lipinski definition) is 9. The van der Waals surface area contributed by atoms with Crippen molar-refractivity contribution in [2.24, 2.45) is 5.41 Å². The van der Waals surface area contributed by atoms with Crippen molar-refractivity contribution < 1.29 is 9.53 Å². The fourth-order valence-corrected chi connectivity index (χ4v) is 16.6. The molecule has 0 aliphatic carbocycles. The summed E-state index contributed by atoms with van der Waals surface area (Å²) in [5, 5.41) is 13.7. The molecule has 63 heavy (non-hydrogen) atoms. The molecule has 0 bridgehead atoms. The van der Waals surface area contributed by atoms with Crippen LogP contribution in [0.3, 0.4) is 0 Å². The molecule has 0 spiro atoms. The minimum Gasteiger partial charge on any atom is -0.423 e. The van der Waals surface area contributed by atoms with Gasteiger partial charge < -0.3 is 10.1 Å². The molecule has 0 aliphatic heterocycles. The first-order valence-corrected chi connectivity index (χ1v) is 26.1. The van der Waals surface area contributed by atoms with Crippen LogP contribution in [0.25, 0.3) is 71.3 Å². The van der Waals surface area contributed by atoms with Gasteiger partial charge in [-0.2, -0.15) is 0 Å². The summed E-state index contributed by atoms with van der Waals surface area (Å²) in [5.74, 6) is 2.68. The van der Waals surface area contributed by atoms with Crippen molar-refractivity contribution in [3.8, 4) is 5.75 Å². The number of thiophene rings is 3. The summed E-state index contributed by atoms with van der Waals surface area (Å²) in [7, 11) is 0. The van der Waals surface area contributed by atoms with E-state index in [-0.39, 0.29) is 5.41 Å². The standard InChI is InChI=1S/C54H39NO2S6/c1-2-50(56)57-43-29-35(28-34-14-3-4-15-36(34)43)55-30-54(31-58-47-25-11-19-40-37-16-5-8-22-44(37)61-51(40)47,32-59-48-26-12-20-41-38-17-6-9-23-45(38)62-52(41)48)33-60-49-27-13-21-42-39-18-7-10-24-46(39)63-53(42)49/h2-29,55H,1,30-33H2. The van der Waals surface area contributed by atoms with Gasteiger partial charge in [-0.15, -0.1) is 69.3 Å². The van der Waals surface area contributed by atoms with Crippen LogP contribution in [0.5, 0.6) is 5.75 Å². The van der Waals surface area contributed by atoms with Gasteiger partial charge in [0.05, 0.1) is 0 Å². The number of carbonyl (C=O) groups excluding carboxylic acids is 1. The maximum absolute atomic E-state index is 12.6. The van der Waals surface area contributed by atoms with Crippen LogP contribution in [0.4, 0.5) is 5.69 Å².